The number of carbonyl (C=O) groups is 1. The zero-order chi connectivity index (χ0) is 49.2. The van der Waals surface area contributed by atoms with Crippen LogP contribution in [0, 0.1) is 0 Å². The molecule has 0 aromatic heterocycles. The van der Waals surface area contributed by atoms with Crippen molar-refractivity contribution >= 4 is 13.7 Å². The lowest BCUT2D eigenvalue weighted by atomic mass is 10.0. The number of phosphoric acid groups is 1. The highest BCUT2D eigenvalue weighted by atomic mass is 31.2. The summed E-state index contributed by atoms with van der Waals surface area (Å²) in [5, 5.41) is 14.0. The van der Waals surface area contributed by atoms with Crippen LogP contribution in [-0.4, -0.2) is 73.4 Å². The molecule has 3 atom stereocenters. The van der Waals surface area contributed by atoms with Gasteiger partial charge in [-0.2, -0.15) is 0 Å². The number of nitrogens with zero attached hydrogens (tertiary/aromatic N) is 1. The van der Waals surface area contributed by atoms with Gasteiger partial charge in [0.05, 0.1) is 39.9 Å². The third-order valence-electron chi connectivity index (χ3n) is 13.8. The van der Waals surface area contributed by atoms with Crippen molar-refractivity contribution in [2.75, 3.05) is 40.9 Å². The zero-order valence-corrected chi connectivity index (χ0v) is 46.6. The SMILES string of the molecule is CCCCCCCCCCCCCCCCCCCCCCC/C=C/C(O)C(COP(=O)(O)OCC[N+](C)(C)C)NC(=O)CCCCCCCCCCCCCCCCCCCCCCCC. The van der Waals surface area contributed by atoms with Crippen molar-refractivity contribution in [3.8, 4) is 0 Å². The van der Waals surface area contributed by atoms with Gasteiger partial charge in [0.1, 0.15) is 13.2 Å². The van der Waals surface area contributed by atoms with Gasteiger partial charge in [-0.05, 0) is 19.3 Å². The van der Waals surface area contributed by atoms with E-state index in [-0.39, 0.29) is 19.1 Å². The van der Waals surface area contributed by atoms with Gasteiger partial charge in [-0.15, -0.1) is 0 Å². The van der Waals surface area contributed by atoms with Crippen molar-refractivity contribution in [1.82, 2.24) is 5.32 Å². The molecule has 0 aliphatic heterocycles. The Bertz CT molecular complexity index is 1100. The number of unbranched alkanes of at least 4 members (excludes halogenated alkanes) is 42. The number of likely N-dealkylation sites (N-methyl/N-ethyl adjacent to an activating group) is 1. The number of phosphoric ester groups is 1. The van der Waals surface area contributed by atoms with Crippen LogP contribution in [0.1, 0.15) is 303 Å². The quantitative estimate of drug-likeness (QED) is 0.0243. The third kappa shape index (κ3) is 52.9. The molecule has 0 fully saturated rings. The van der Waals surface area contributed by atoms with Gasteiger partial charge in [0.15, 0.2) is 0 Å². The van der Waals surface area contributed by atoms with Crippen molar-refractivity contribution in [1.29, 1.82) is 0 Å². The molecular weight excluding hydrogens is 852 g/mol. The third-order valence-corrected chi connectivity index (χ3v) is 14.7. The van der Waals surface area contributed by atoms with Crippen molar-refractivity contribution < 1.29 is 32.9 Å². The minimum atomic E-state index is -4.34. The summed E-state index contributed by atoms with van der Waals surface area (Å²) in [6.45, 7) is 4.87. The number of hydrogen-bond donors (Lipinski definition) is 3. The van der Waals surface area contributed by atoms with Gasteiger partial charge in [0, 0.05) is 6.42 Å². The van der Waals surface area contributed by atoms with Gasteiger partial charge in [-0.1, -0.05) is 289 Å². The van der Waals surface area contributed by atoms with Gasteiger partial charge in [0.2, 0.25) is 5.91 Å². The summed E-state index contributed by atoms with van der Waals surface area (Å²) in [7, 11) is 1.59. The van der Waals surface area contributed by atoms with Gasteiger partial charge in [0.25, 0.3) is 0 Å². The van der Waals surface area contributed by atoms with Crippen LogP contribution in [-0.2, 0) is 18.4 Å². The van der Waals surface area contributed by atoms with E-state index >= 15 is 0 Å². The Hall–Kier alpha value is -0.760. The minimum Gasteiger partial charge on any atom is -0.387 e. The molecule has 400 valence electrons. The monoisotopic (exact) mass is 970 g/mol. The van der Waals surface area contributed by atoms with E-state index in [2.05, 4.69) is 19.2 Å². The van der Waals surface area contributed by atoms with E-state index in [4.69, 9.17) is 9.05 Å². The van der Waals surface area contributed by atoms with Gasteiger partial charge >= 0.3 is 7.82 Å². The number of aliphatic hydroxyl groups is 1. The summed E-state index contributed by atoms with van der Waals surface area (Å²) in [4.78, 5) is 23.3. The average molecular weight is 971 g/mol. The Morgan fingerprint density at radius 2 is 0.791 bits per heavy atom. The molecule has 3 unspecified atom stereocenters. The van der Waals surface area contributed by atoms with Crippen LogP contribution < -0.4 is 5.32 Å². The number of hydrogen-bond acceptors (Lipinski definition) is 5. The molecule has 0 aromatic rings. The van der Waals surface area contributed by atoms with Gasteiger partial charge < -0.3 is 19.8 Å². The van der Waals surface area contributed by atoms with E-state index in [0.29, 0.717) is 17.4 Å². The molecule has 8 nitrogen and oxygen atoms in total. The van der Waals surface area contributed by atoms with Crippen molar-refractivity contribution in [2.45, 2.75) is 315 Å². The first-order valence-electron chi connectivity index (χ1n) is 29.6. The molecule has 0 aromatic carbocycles. The van der Waals surface area contributed by atoms with Crippen LogP contribution in [0.5, 0.6) is 0 Å². The predicted molar refractivity (Wildman–Crippen MR) is 291 cm³/mol. The Morgan fingerprint density at radius 1 is 0.493 bits per heavy atom. The van der Waals surface area contributed by atoms with E-state index in [0.717, 1.165) is 32.1 Å². The molecule has 0 spiro atoms. The molecular formula is C58H118N2O6P+. The second-order valence-corrected chi connectivity index (χ2v) is 23.2. The fraction of sp³-hybridized carbons (Fsp3) is 0.948. The van der Waals surface area contributed by atoms with E-state index in [1.807, 2.05) is 27.2 Å². The Kier molecular flexibility index (Phi) is 49.6. The molecule has 1 amide bonds. The molecule has 0 bridgehead atoms. The normalized spacial score (nSPS) is 14.0. The number of quaternary nitrogens is 1. The first-order valence-corrected chi connectivity index (χ1v) is 31.1. The summed E-state index contributed by atoms with van der Waals surface area (Å²) >= 11 is 0. The first-order chi connectivity index (χ1) is 32.5. The molecule has 0 rings (SSSR count). The summed E-state index contributed by atoms with van der Waals surface area (Å²) in [6.07, 6.45) is 61.7. The van der Waals surface area contributed by atoms with Crippen LogP contribution in [0.4, 0.5) is 0 Å². The number of allylic oxidation sites excluding steroid dienone is 1. The second kappa shape index (κ2) is 50.2. The molecule has 9 heteroatoms. The number of carbonyl (C=O) groups excluding carboxylic acids is 1. The van der Waals surface area contributed by atoms with Crippen molar-refractivity contribution in [2.24, 2.45) is 0 Å². The minimum absolute atomic E-state index is 0.0653. The molecule has 0 aliphatic carbocycles. The lowest BCUT2D eigenvalue weighted by Gasteiger charge is -2.25. The lowest BCUT2D eigenvalue weighted by Crippen LogP contribution is -2.45. The lowest BCUT2D eigenvalue weighted by molar-refractivity contribution is -0.870. The molecule has 67 heavy (non-hydrogen) atoms. The smallest absolute Gasteiger partial charge is 0.387 e. The number of nitrogens with one attached hydrogen (secondary N) is 1. The molecule has 0 saturated heterocycles. The molecule has 3 N–H and O–H groups in total. The fourth-order valence-corrected chi connectivity index (χ4v) is 9.84. The summed E-state index contributed by atoms with van der Waals surface area (Å²) in [5.74, 6) is -0.169. The van der Waals surface area contributed by atoms with Crippen molar-refractivity contribution in [3.05, 3.63) is 12.2 Å². The Balaban J connectivity index is 4.17. The summed E-state index contributed by atoms with van der Waals surface area (Å²) in [6, 6.07) is -0.842. The standard InChI is InChI=1S/C58H117N2O6P/c1-6-8-10-12-14-16-18-20-22-24-26-28-30-31-33-35-37-39-41-43-45-47-49-51-57(61)56(55-66-67(63,64)65-54-53-60(3,4)5)59-58(62)52-50-48-46-44-42-40-38-36-34-32-29-27-25-23-21-19-17-15-13-11-9-7-2/h49,51,56-57,61H,6-48,50,52-55H2,1-5H3,(H-,59,62,63,64)/p+1/b51-49+. The van der Waals surface area contributed by atoms with E-state index in [1.165, 1.54) is 250 Å². The number of amides is 1. The maximum Gasteiger partial charge on any atom is 0.472 e. The first kappa shape index (κ1) is 66.2. The van der Waals surface area contributed by atoms with Crippen LogP contribution in [0.25, 0.3) is 0 Å². The highest BCUT2D eigenvalue weighted by molar-refractivity contribution is 7.47. The second-order valence-electron chi connectivity index (χ2n) is 21.7. The van der Waals surface area contributed by atoms with Crippen LogP contribution in [0.3, 0.4) is 0 Å². The molecule has 0 heterocycles. The van der Waals surface area contributed by atoms with E-state index < -0.39 is 20.0 Å². The molecule has 0 saturated carbocycles. The summed E-state index contributed by atoms with van der Waals surface area (Å²) in [5.41, 5.74) is 0. The summed E-state index contributed by atoms with van der Waals surface area (Å²) < 4.78 is 23.7. The highest BCUT2D eigenvalue weighted by Crippen LogP contribution is 2.43. The maximum atomic E-state index is 13.0. The topological polar surface area (TPSA) is 105 Å². The number of aliphatic hydroxyl groups excluding tert-OH is 1. The zero-order valence-electron chi connectivity index (χ0n) is 45.7. The number of rotatable bonds is 55. The van der Waals surface area contributed by atoms with Crippen LogP contribution >= 0.6 is 7.82 Å². The van der Waals surface area contributed by atoms with Gasteiger partial charge in [-0.3, -0.25) is 13.8 Å². The van der Waals surface area contributed by atoms with E-state index in [1.54, 1.807) is 6.08 Å². The molecule has 0 radical (unpaired) electrons. The Morgan fingerprint density at radius 3 is 1.10 bits per heavy atom. The largest absolute Gasteiger partial charge is 0.472 e. The van der Waals surface area contributed by atoms with Crippen LogP contribution in [0.2, 0.25) is 0 Å². The van der Waals surface area contributed by atoms with Crippen molar-refractivity contribution in [3.63, 3.8) is 0 Å². The van der Waals surface area contributed by atoms with Crippen LogP contribution in [0.15, 0.2) is 12.2 Å². The van der Waals surface area contributed by atoms with E-state index in [9.17, 15) is 19.4 Å². The average Bonchev–Trinajstić information content (AvgIpc) is 3.29. The van der Waals surface area contributed by atoms with Gasteiger partial charge in [-0.25, -0.2) is 4.57 Å². The maximum absolute atomic E-state index is 13.0. The fourth-order valence-electron chi connectivity index (χ4n) is 9.10. The Labute approximate surface area is 418 Å². The molecule has 0 aliphatic rings. The predicted octanol–water partition coefficient (Wildman–Crippen LogP) is 17.8. The highest BCUT2D eigenvalue weighted by Gasteiger charge is 2.27.